The predicted octanol–water partition coefficient (Wildman–Crippen LogP) is 4.09. The first-order valence-corrected chi connectivity index (χ1v) is 9.58. The lowest BCUT2D eigenvalue weighted by Gasteiger charge is -2.10. The van der Waals surface area contributed by atoms with Crippen molar-refractivity contribution >= 4 is 34.3 Å². The minimum Gasteiger partial charge on any atom is -0.351 e. The molecule has 0 bridgehead atoms. The molecule has 30 heavy (non-hydrogen) atoms. The molecule has 4 N–H and O–H groups in total. The number of fused-ring (bicyclic) bond motifs is 1. The first-order valence-electron chi connectivity index (χ1n) is 9.58. The summed E-state index contributed by atoms with van der Waals surface area (Å²) in [6, 6.07) is 24.1. The molecule has 1 aromatic heterocycles. The maximum atomic E-state index is 12.5. The zero-order chi connectivity index (χ0) is 20.9. The molecule has 7 heteroatoms. The second-order valence-corrected chi connectivity index (χ2v) is 6.81. The van der Waals surface area contributed by atoms with Crippen LogP contribution >= 0.6 is 0 Å². The summed E-state index contributed by atoms with van der Waals surface area (Å²) in [5.41, 5.74) is 9.14. The second kappa shape index (κ2) is 8.48. The first-order chi connectivity index (χ1) is 14.6. The van der Waals surface area contributed by atoms with Crippen molar-refractivity contribution in [2.24, 2.45) is 5.73 Å². The number of aryl methyl sites for hydroxylation is 1. The lowest BCUT2D eigenvalue weighted by Crippen LogP contribution is -2.19. The third-order valence-electron chi connectivity index (χ3n) is 4.63. The van der Waals surface area contributed by atoms with E-state index in [9.17, 15) is 9.59 Å². The van der Waals surface area contributed by atoms with E-state index in [1.54, 1.807) is 24.3 Å². The molecule has 0 radical (unpaired) electrons. The highest BCUT2D eigenvalue weighted by Gasteiger charge is 2.14. The van der Waals surface area contributed by atoms with Gasteiger partial charge in [-0.2, -0.15) is 0 Å². The van der Waals surface area contributed by atoms with Crippen LogP contribution in [-0.2, 0) is 11.2 Å². The van der Waals surface area contributed by atoms with Crippen LogP contribution in [0.1, 0.15) is 12.2 Å². The number of para-hydroxylation sites is 3. The van der Waals surface area contributed by atoms with Crippen molar-refractivity contribution < 1.29 is 9.59 Å². The average Bonchev–Trinajstić information content (AvgIpc) is 3.11. The molecule has 0 aliphatic heterocycles. The van der Waals surface area contributed by atoms with Crippen LogP contribution in [0.3, 0.4) is 0 Å². The molecule has 3 aromatic carbocycles. The number of nitrogens with two attached hydrogens (primary N) is 1. The van der Waals surface area contributed by atoms with Gasteiger partial charge in [-0.1, -0.05) is 36.4 Å². The summed E-state index contributed by atoms with van der Waals surface area (Å²) in [5, 5.41) is 5.34. The van der Waals surface area contributed by atoms with Crippen molar-refractivity contribution in [3.63, 3.8) is 0 Å². The number of benzene rings is 3. The van der Waals surface area contributed by atoms with Gasteiger partial charge in [-0.25, -0.2) is 9.78 Å². The Kier molecular flexibility index (Phi) is 5.43. The van der Waals surface area contributed by atoms with Crippen LogP contribution in [0, 0.1) is 0 Å². The number of rotatable bonds is 6. The molecule has 4 aromatic rings. The van der Waals surface area contributed by atoms with Gasteiger partial charge in [0.05, 0.1) is 11.0 Å². The molecule has 150 valence electrons. The Morgan fingerprint density at radius 2 is 1.57 bits per heavy atom. The minimum atomic E-state index is -0.654. The Bertz CT molecular complexity index is 1200. The summed E-state index contributed by atoms with van der Waals surface area (Å²) in [4.78, 5) is 28.3. The molecule has 0 saturated carbocycles. The molecule has 4 rings (SSSR count). The van der Waals surface area contributed by atoms with Crippen LogP contribution < -0.4 is 16.4 Å². The number of carbonyl (C=O) groups excluding carboxylic acids is 2. The van der Waals surface area contributed by atoms with Gasteiger partial charge in [0.15, 0.2) is 0 Å². The van der Waals surface area contributed by atoms with E-state index in [1.807, 2.05) is 54.6 Å². The maximum Gasteiger partial charge on any atom is 0.316 e. The number of hydrogen-bond acceptors (Lipinski definition) is 3. The number of carbonyl (C=O) groups is 2. The van der Waals surface area contributed by atoms with Gasteiger partial charge in [0, 0.05) is 29.9 Å². The molecule has 0 unspecified atom stereocenters. The van der Waals surface area contributed by atoms with Gasteiger partial charge in [0.1, 0.15) is 5.82 Å². The lowest BCUT2D eigenvalue weighted by molar-refractivity contribution is -0.116. The molecule has 3 amide bonds. The molecule has 0 atom stereocenters. The average molecular weight is 399 g/mol. The topological polar surface area (TPSA) is 102 Å². The summed E-state index contributed by atoms with van der Waals surface area (Å²) >= 11 is 0. The van der Waals surface area contributed by atoms with Gasteiger partial charge in [0.25, 0.3) is 0 Å². The van der Waals surface area contributed by atoms with Crippen LogP contribution in [0.5, 0.6) is 0 Å². The monoisotopic (exact) mass is 399 g/mol. The van der Waals surface area contributed by atoms with Crippen LogP contribution in [0.25, 0.3) is 16.7 Å². The number of amides is 3. The number of anilines is 2. The Morgan fingerprint density at radius 3 is 2.33 bits per heavy atom. The van der Waals surface area contributed by atoms with Crippen molar-refractivity contribution in [1.82, 2.24) is 9.55 Å². The number of nitrogens with zero attached hydrogens (tertiary/aromatic N) is 2. The molecule has 0 spiro atoms. The Labute approximate surface area is 173 Å². The van der Waals surface area contributed by atoms with Crippen molar-refractivity contribution in [2.45, 2.75) is 12.8 Å². The third kappa shape index (κ3) is 4.30. The predicted molar refractivity (Wildman–Crippen MR) is 118 cm³/mol. The summed E-state index contributed by atoms with van der Waals surface area (Å²) in [6.07, 6.45) is 0.748. The van der Waals surface area contributed by atoms with Crippen molar-refractivity contribution in [1.29, 1.82) is 0 Å². The summed E-state index contributed by atoms with van der Waals surface area (Å²) in [6.45, 7) is 0. The number of primary amides is 1. The summed E-state index contributed by atoms with van der Waals surface area (Å²) < 4.78 is 2.08. The number of urea groups is 1. The van der Waals surface area contributed by atoms with Crippen LogP contribution in [-0.4, -0.2) is 21.5 Å². The van der Waals surface area contributed by atoms with E-state index < -0.39 is 6.03 Å². The van der Waals surface area contributed by atoms with Crippen molar-refractivity contribution in [3.8, 4) is 5.69 Å². The van der Waals surface area contributed by atoms with E-state index in [1.165, 1.54) is 0 Å². The third-order valence-corrected chi connectivity index (χ3v) is 4.63. The van der Waals surface area contributed by atoms with Gasteiger partial charge in [-0.3, -0.25) is 9.36 Å². The SMILES string of the molecule is NC(=O)Nc1cccc(NC(=O)CCc2nc3ccccc3n2-c2ccccc2)c1. The molecule has 1 heterocycles. The standard InChI is InChI=1S/C23H21N5O2/c24-23(30)26-17-8-6-7-16(15-17)25-22(29)14-13-21-27-19-11-4-5-12-20(19)28(21)18-9-2-1-3-10-18/h1-12,15H,13-14H2,(H,25,29)(H3,24,26,30). The van der Waals surface area contributed by atoms with Crippen molar-refractivity contribution in [2.75, 3.05) is 10.6 Å². The van der Waals surface area contributed by atoms with Crippen molar-refractivity contribution in [3.05, 3.63) is 84.7 Å². The van der Waals surface area contributed by atoms with Gasteiger partial charge < -0.3 is 16.4 Å². The summed E-state index contributed by atoms with van der Waals surface area (Å²) in [5.74, 6) is 0.680. The molecular weight excluding hydrogens is 378 g/mol. The molecular formula is C23H21N5O2. The number of imidazole rings is 1. The zero-order valence-corrected chi connectivity index (χ0v) is 16.2. The normalized spacial score (nSPS) is 10.7. The maximum absolute atomic E-state index is 12.5. The van der Waals surface area contributed by atoms with Crippen LogP contribution in [0.2, 0.25) is 0 Å². The smallest absolute Gasteiger partial charge is 0.316 e. The first kappa shape index (κ1) is 19.2. The second-order valence-electron chi connectivity index (χ2n) is 6.81. The fourth-order valence-electron chi connectivity index (χ4n) is 3.37. The van der Waals surface area contributed by atoms with Gasteiger partial charge >= 0.3 is 6.03 Å². The van der Waals surface area contributed by atoms with E-state index in [-0.39, 0.29) is 12.3 Å². The van der Waals surface area contributed by atoms with E-state index in [2.05, 4.69) is 15.2 Å². The molecule has 0 aliphatic rings. The van der Waals surface area contributed by atoms with E-state index in [0.717, 1.165) is 22.5 Å². The lowest BCUT2D eigenvalue weighted by atomic mass is 10.2. The number of aromatic nitrogens is 2. The van der Waals surface area contributed by atoms with Gasteiger partial charge in [0.2, 0.25) is 5.91 Å². The van der Waals surface area contributed by atoms with E-state index >= 15 is 0 Å². The minimum absolute atomic E-state index is 0.141. The Hall–Kier alpha value is -4.13. The van der Waals surface area contributed by atoms with Gasteiger partial charge in [-0.15, -0.1) is 0 Å². The number of nitrogens with one attached hydrogen (secondary N) is 2. The molecule has 0 aliphatic carbocycles. The highest BCUT2D eigenvalue weighted by molar-refractivity contribution is 5.93. The quantitative estimate of drug-likeness (QED) is 0.455. The van der Waals surface area contributed by atoms with Crippen LogP contribution in [0.15, 0.2) is 78.9 Å². The zero-order valence-electron chi connectivity index (χ0n) is 16.2. The highest BCUT2D eigenvalue weighted by Crippen LogP contribution is 2.22. The molecule has 0 saturated heterocycles. The Balaban J connectivity index is 1.51. The van der Waals surface area contributed by atoms with Gasteiger partial charge in [-0.05, 0) is 42.5 Å². The summed E-state index contributed by atoms with van der Waals surface area (Å²) in [7, 11) is 0. The fourth-order valence-corrected chi connectivity index (χ4v) is 3.37. The fraction of sp³-hybridized carbons (Fsp3) is 0.0870. The molecule has 7 nitrogen and oxygen atoms in total. The number of hydrogen-bond donors (Lipinski definition) is 3. The van der Waals surface area contributed by atoms with E-state index in [4.69, 9.17) is 10.7 Å². The van der Waals surface area contributed by atoms with Crippen LogP contribution in [0.4, 0.5) is 16.2 Å². The highest BCUT2D eigenvalue weighted by atomic mass is 16.2. The Morgan fingerprint density at radius 1 is 0.867 bits per heavy atom. The largest absolute Gasteiger partial charge is 0.351 e. The van der Waals surface area contributed by atoms with E-state index in [0.29, 0.717) is 17.8 Å². The molecule has 0 fully saturated rings.